The van der Waals surface area contributed by atoms with E-state index in [1.165, 1.54) is 24.1 Å². The average molecular weight is 285 g/mol. The molecular weight excluding hydrogens is 268 g/mol. The van der Waals surface area contributed by atoms with Crippen molar-refractivity contribution in [2.45, 2.75) is 25.3 Å². The lowest BCUT2D eigenvalue weighted by Gasteiger charge is -2.33. The number of rotatable bonds is 1. The maximum absolute atomic E-state index is 5.44. The van der Waals surface area contributed by atoms with Crippen LogP contribution in [0.1, 0.15) is 30.0 Å². The summed E-state index contributed by atoms with van der Waals surface area (Å²) in [6, 6.07) is 2.20. The summed E-state index contributed by atoms with van der Waals surface area (Å²) in [5.74, 6) is 1.41. The Labute approximate surface area is 104 Å². The van der Waals surface area contributed by atoms with E-state index in [9.17, 15) is 0 Å². The van der Waals surface area contributed by atoms with Crippen LogP contribution in [0.3, 0.4) is 0 Å². The fraction of sp³-hybridized carbons (Fsp3) is 0.667. The lowest BCUT2D eigenvalue weighted by Crippen LogP contribution is -2.34. The van der Waals surface area contributed by atoms with Gasteiger partial charge in [-0.1, -0.05) is 0 Å². The molecule has 0 bridgehead atoms. The van der Waals surface area contributed by atoms with Gasteiger partial charge in [0.1, 0.15) is 0 Å². The molecular formula is C12H17BrN2O. The van der Waals surface area contributed by atoms with E-state index in [1.807, 2.05) is 0 Å². The summed E-state index contributed by atoms with van der Waals surface area (Å²) < 4.78 is 6.55. The first-order valence-corrected chi connectivity index (χ1v) is 6.79. The van der Waals surface area contributed by atoms with Crippen LogP contribution in [0.5, 0.6) is 0 Å². The fourth-order valence-electron chi connectivity index (χ4n) is 2.94. The molecule has 16 heavy (non-hydrogen) atoms. The van der Waals surface area contributed by atoms with E-state index in [2.05, 4.69) is 32.3 Å². The second-order valence-electron chi connectivity index (χ2n) is 4.74. The molecule has 0 amide bonds. The van der Waals surface area contributed by atoms with Crippen molar-refractivity contribution in [2.24, 2.45) is 5.92 Å². The third kappa shape index (κ3) is 1.94. The van der Waals surface area contributed by atoms with E-state index < -0.39 is 0 Å². The van der Waals surface area contributed by atoms with Gasteiger partial charge in [-0.3, -0.25) is 0 Å². The van der Waals surface area contributed by atoms with Gasteiger partial charge < -0.3 is 15.0 Å². The SMILES string of the molecule is Brc1cc2c([nH]1)C(C1CCOCC1)CNC2. The predicted molar refractivity (Wildman–Crippen MR) is 66.5 cm³/mol. The van der Waals surface area contributed by atoms with Gasteiger partial charge in [-0.2, -0.15) is 0 Å². The summed E-state index contributed by atoms with van der Waals surface area (Å²) in [6.07, 6.45) is 2.39. The molecule has 2 N–H and O–H groups in total. The van der Waals surface area contributed by atoms with Crippen LogP contribution in [-0.2, 0) is 11.3 Å². The number of aromatic nitrogens is 1. The van der Waals surface area contributed by atoms with E-state index >= 15 is 0 Å². The Bertz CT molecular complexity index is 371. The number of nitrogens with one attached hydrogen (secondary N) is 2. The first-order valence-electron chi connectivity index (χ1n) is 6.00. The number of ether oxygens (including phenoxy) is 1. The molecule has 1 atom stereocenters. The molecule has 3 heterocycles. The van der Waals surface area contributed by atoms with Crippen LogP contribution in [-0.4, -0.2) is 24.7 Å². The van der Waals surface area contributed by atoms with Gasteiger partial charge in [-0.15, -0.1) is 0 Å². The molecule has 0 aromatic carbocycles. The van der Waals surface area contributed by atoms with Crippen LogP contribution in [0.2, 0.25) is 0 Å². The predicted octanol–water partition coefficient (Wildman–Crippen LogP) is 2.39. The first-order chi connectivity index (χ1) is 7.84. The zero-order valence-corrected chi connectivity index (χ0v) is 10.8. The van der Waals surface area contributed by atoms with Crippen LogP contribution >= 0.6 is 15.9 Å². The summed E-state index contributed by atoms with van der Waals surface area (Å²) in [6.45, 7) is 3.96. The van der Waals surface area contributed by atoms with E-state index in [0.717, 1.165) is 36.8 Å². The monoisotopic (exact) mass is 284 g/mol. The van der Waals surface area contributed by atoms with Gasteiger partial charge in [-0.05, 0) is 46.3 Å². The van der Waals surface area contributed by atoms with Gasteiger partial charge in [0.2, 0.25) is 0 Å². The summed E-state index contributed by atoms with van der Waals surface area (Å²) in [5.41, 5.74) is 2.87. The number of hydrogen-bond acceptors (Lipinski definition) is 2. The largest absolute Gasteiger partial charge is 0.381 e. The Morgan fingerprint density at radius 3 is 2.94 bits per heavy atom. The van der Waals surface area contributed by atoms with Gasteiger partial charge in [0.15, 0.2) is 0 Å². The van der Waals surface area contributed by atoms with Gasteiger partial charge in [-0.25, -0.2) is 0 Å². The van der Waals surface area contributed by atoms with Crippen LogP contribution in [0.25, 0.3) is 0 Å². The van der Waals surface area contributed by atoms with E-state index in [-0.39, 0.29) is 0 Å². The molecule has 2 aliphatic heterocycles. The highest BCUT2D eigenvalue weighted by Crippen LogP contribution is 2.36. The summed E-state index contributed by atoms with van der Waals surface area (Å²) in [5, 5.41) is 3.52. The zero-order valence-electron chi connectivity index (χ0n) is 9.26. The standard InChI is InChI=1S/C12H17BrN2O/c13-11-5-9-6-14-7-10(12(9)15-11)8-1-3-16-4-2-8/h5,8,10,14-15H,1-4,6-7H2. The Morgan fingerprint density at radius 2 is 2.12 bits per heavy atom. The molecule has 88 valence electrons. The molecule has 3 rings (SSSR count). The number of halogens is 1. The quantitative estimate of drug-likeness (QED) is 0.831. The molecule has 1 aromatic rings. The van der Waals surface area contributed by atoms with Crippen molar-refractivity contribution in [2.75, 3.05) is 19.8 Å². The zero-order chi connectivity index (χ0) is 11.0. The summed E-state index contributed by atoms with van der Waals surface area (Å²) >= 11 is 3.54. The summed E-state index contributed by atoms with van der Waals surface area (Å²) in [7, 11) is 0. The van der Waals surface area contributed by atoms with Crippen molar-refractivity contribution in [3.8, 4) is 0 Å². The van der Waals surface area contributed by atoms with E-state index in [4.69, 9.17) is 4.74 Å². The van der Waals surface area contributed by atoms with Crippen molar-refractivity contribution in [1.29, 1.82) is 0 Å². The molecule has 3 nitrogen and oxygen atoms in total. The third-order valence-electron chi connectivity index (χ3n) is 3.79. The highest BCUT2D eigenvalue weighted by molar-refractivity contribution is 9.10. The normalized spacial score (nSPS) is 26.7. The smallest absolute Gasteiger partial charge is 0.0825 e. The fourth-order valence-corrected chi connectivity index (χ4v) is 3.43. The third-order valence-corrected chi connectivity index (χ3v) is 4.21. The molecule has 0 radical (unpaired) electrons. The minimum atomic E-state index is 0.638. The lowest BCUT2D eigenvalue weighted by molar-refractivity contribution is 0.0564. The number of aromatic amines is 1. The maximum atomic E-state index is 5.44. The van der Waals surface area contributed by atoms with Gasteiger partial charge >= 0.3 is 0 Å². The molecule has 1 saturated heterocycles. The Kier molecular flexibility index (Phi) is 3.05. The van der Waals surface area contributed by atoms with Crippen LogP contribution in [0, 0.1) is 5.92 Å². The second-order valence-corrected chi connectivity index (χ2v) is 5.60. The maximum Gasteiger partial charge on any atom is 0.0825 e. The lowest BCUT2D eigenvalue weighted by atomic mass is 9.81. The molecule has 1 unspecified atom stereocenters. The van der Waals surface area contributed by atoms with E-state index in [1.54, 1.807) is 0 Å². The van der Waals surface area contributed by atoms with Crippen LogP contribution in [0.15, 0.2) is 10.7 Å². The Morgan fingerprint density at radius 1 is 1.31 bits per heavy atom. The second kappa shape index (κ2) is 4.51. The molecule has 0 saturated carbocycles. The molecule has 1 aromatic heterocycles. The van der Waals surface area contributed by atoms with Gasteiger partial charge in [0.25, 0.3) is 0 Å². The average Bonchev–Trinajstić information content (AvgIpc) is 2.70. The molecule has 2 aliphatic rings. The Balaban J connectivity index is 1.85. The van der Waals surface area contributed by atoms with Crippen molar-refractivity contribution in [3.05, 3.63) is 21.9 Å². The van der Waals surface area contributed by atoms with Crippen molar-refractivity contribution < 1.29 is 4.74 Å². The summed E-state index contributed by atoms with van der Waals surface area (Å²) in [4.78, 5) is 3.48. The minimum Gasteiger partial charge on any atom is -0.381 e. The molecule has 1 fully saturated rings. The highest BCUT2D eigenvalue weighted by Gasteiger charge is 2.30. The topological polar surface area (TPSA) is 37.0 Å². The minimum absolute atomic E-state index is 0.638. The molecule has 0 spiro atoms. The Hall–Kier alpha value is -0.320. The van der Waals surface area contributed by atoms with Gasteiger partial charge in [0.05, 0.1) is 4.60 Å². The van der Waals surface area contributed by atoms with E-state index in [0.29, 0.717) is 5.92 Å². The number of H-pyrrole nitrogens is 1. The highest BCUT2D eigenvalue weighted by atomic mass is 79.9. The van der Waals surface area contributed by atoms with Crippen LogP contribution in [0.4, 0.5) is 0 Å². The van der Waals surface area contributed by atoms with Crippen molar-refractivity contribution in [3.63, 3.8) is 0 Å². The van der Waals surface area contributed by atoms with Crippen molar-refractivity contribution in [1.82, 2.24) is 10.3 Å². The van der Waals surface area contributed by atoms with Gasteiger partial charge in [0, 0.05) is 37.9 Å². The molecule has 0 aliphatic carbocycles. The molecule has 4 heteroatoms. The number of fused-ring (bicyclic) bond motifs is 1. The van der Waals surface area contributed by atoms with Crippen molar-refractivity contribution >= 4 is 15.9 Å². The van der Waals surface area contributed by atoms with Crippen LogP contribution < -0.4 is 5.32 Å². The number of hydrogen-bond donors (Lipinski definition) is 2. The first kappa shape index (κ1) is 10.8.